The summed E-state index contributed by atoms with van der Waals surface area (Å²) in [5, 5.41) is 3.98. The summed E-state index contributed by atoms with van der Waals surface area (Å²) in [4.78, 5) is 12.0. The Bertz CT molecular complexity index is 804. The van der Waals surface area contributed by atoms with Crippen molar-refractivity contribution >= 4 is 12.1 Å². The quantitative estimate of drug-likeness (QED) is 0.643. The van der Waals surface area contributed by atoms with Crippen LogP contribution in [0.15, 0.2) is 41.5 Å². The number of amides is 1. The van der Waals surface area contributed by atoms with Crippen molar-refractivity contribution in [2.24, 2.45) is 5.10 Å². The molecule has 1 N–H and O–H groups in total. The van der Waals surface area contributed by atoms with E-state index < -0.39 is 0 Å². The Kier molecular flexibility index (Phi) is 5.03. The number of fused-ring (bicyclic) bond motifs is 1. The molecule has 0 spiro atoms. The van der Waals surface area contributed by atoms with Gasteiger partial charge in [0.2, 0.25) is 12.7 Å². The molecule has 1 aliphatic rings. The van der Waals surface area contributed by atoms with Crippen molar-refractivity contribution in [1.29, 1.82) is 0 Å². The third-order valence-electron chi connectivity index (χ3n) is 3.63. The molecule has 1 amide bonds. The predicted molar refractivity (Wildman–Crippen MR) is 91.6 cm³/mol. The van der Waals surface area contributed by atoms with Crippen LogP contribution in [-0.4, -0.2) is 33.1 Å². The van der Waals surface area contributed by atoms with Gasteiger partial charge in [-0.15, -0.1) is 0 Å². The van der Waals surface area contributed by atoms with Crippen molar-refractivity contribution in [3.05, 3.63) is 47.5 Å². The monoisotopic (exact) mass is 342 g/mol. The topological polar surface area (TPSA) is 78.4 Å². The molecule has 0 saturated heterocycles. The summed E-state index contributed by atoms with van der Waals surface area (Å²) in [5.74, 6) is 2.24. The molecule has 0 atom stereocenters. The van der Waals surface area contributed by atoms with Crippen LogP contribution in [0.2, 0.25) is 0 Å². The lowest BCUT2D eigenvalue weighted by Gasteiger charge is -2.09. The summed E-state index contributed by atoms with van der Waals surface area (Å²) in [5.41, 5.74) is 4.03. The van der Waals surface area contributed by atoms with Gasteiger partial charge in [-0.1, -0.05) is 12.1 Å². The van der Waals surface area contributed by atoms with Gasteiger partial charge in [-0.05, 0) is 29.8 Å². The SMILES string of the molecule is COc1ccc(CC(=O)N/N=C/c2cccc3c2OCO3)cc1OC. The fourth-order valence-corrected chi connectivity index (χ4v) is 2.44. The minimum Gasteiger partial charge on any atom is -0.493 e. The van der Waals surface area contributed by atoms with Gasteiger partial charge in [0, 0.05) is 5.56 Å². The lowest BCUT2D eigenvalue weighted by molar-refractivity contribution is -0.120. The van der Waals surface area contributed by atoms with Crippen LogP contribution in [0.25, 0.3) is 0 Å². The summed E-state index contributed by atoms with van der Waals surface area (Å²) >= 11 is 0. The number of methoxy groups -OCH3 is 2. The third kappa shape index (κ3) is 3.82. The molecule has 0 saturated carbocycles. The molecule has 0 fully saturated rings. The zero-order valence-electron chi connectivity index (χ0n) is 13.9. The van der Waals surface area contributed by atoms with Gasteiger partial charge in [-0.3, -0.25) is 4.79 Å². The van der Waals surface area contributed by atoms with E-state index in [1.54, 1.807) is 32.4 Å². The molecule has 3 rings (SSSR count). The highest BCUT2D eigenvalue weighted by molar-refractivity contribution is 5.87. The molecule has 130 valence electrons. The van der Waals surface area contributed by atoms with Crippen LogP contribution in [0.5, 0.6) is 23.0 Å². The highest BCUT2D eigenvalue weighted by Gasteiger charge is 2.16. The van der Waals surface area contributed by atoms with Crippen LogP contribution >= 0.6 is 0 Å². The van der Waals surface area contributed by atoms with Crippen molar-refractivity contribution in [3.63, 3.8) is 0 Å². The number of benzene rings is 2. The highest BCUT2D eigenvalue weighted by Crippen LogP contribution is 2.34. The van der Waals surface area contributed by atoms with E-state index >= 15 is 0 Å². The van der Waals surface area contributed by atoms with E-state index in [0.29, 0.717) is 23.0 Å². The minimum absolute atomic E-state index is 0.171. The summed E-state index contributed by atoms with van der Waals surface area (Å²) in [6.45, 7) is 0.186. The van der Waals surface area contributed by atoms with E-state index in [1.807, 2.05) is 18.2 Å². The number of carbonyl (C=O) groups excluding carboxylic acids is 1. The Hall–Kier alpha value is -3.22. The van der Waals surface area contributed by atoms with Crippen molar-refractivity contribution in [3.8, 4) is 23.0 Å². The largest absolute Gasteiger partial charge is 0.493 e. The maximum atomic E-state index is 12.0. The fourth-order valence-electron chi connectivity index (χ4n) is 2.44. The highest BCUT2D eigenvalue weighted by atomic mass is 16.7. The standard InChI is InChI=1S/C18H18N2O5/c1-22-14-7-6-12(8-16(14)23-2)9-17(21)20-19-10-13-4-3-5-15-18(13)25-11-24-15/h3-8,10H,9,11H2,1-2H3,(H,20,21)/b19-10+. The van der Waals surface area contributed by atoms with Crippen molar-refractivity contribution in [2.45, 2.75) is 6.42 Å². The summed E-state index contributed by atoms with van der Waals surface area (Å²) in [6.07, 6.45) is 1.70. The van der Waals surface area contributed by atoms with E-state index in [-0.39, 0.29) is 19.1 Å². The zero-order chi connectivity index (χ0) is 17.6. The minimum atomic E-state index is -0.242. The Balaban J connectivity index is 1.61. The van der Waals surface area contributed by atoms with Gasteiger partial charge in [-0.25, -0.2) is 5.43 Å². The Labute approximate surface area is 145 Å². The molecule has 2 aromatic rings. The molecule has 25 heavy (non-hydrogen) atoms. The van der Waals surface area contributed by atoms with Gasteiger partial charge in [-0.2, -0.15) is 5.10 Å². The summed E-state index contributed by atoms with van der Waals surface area (Å²) < 4.78 is 21.1. The molecular weight excluding hydrogens is 324 g/mol. The van der Waals surface area contributed by atoms with E-state index in [2.05, 4.69) is 10.5 Å². The first-order valence-electron chi connectivity index (χ1n) is 7.62. The average Bonchev–Trinajstić information content (AvgIpc) is 3.11. The molecule has 2 aromatic carbocycles. The van der Waals surface area contributed by atoms with Crippen molar-refractivity contribution in [2.75, 3.05) is 21.0 Å². The first-order valence-corrected chi connectivity index (χ1v) is 7.62. The second kappa shape index (κ2) is 7.57. The zero-order valence-corrected chi connectivity index (χ0v) is 13.9. The van der Waals surface area contributed by atoms with E-state index in [9.17, 15) is 4.79 Å². The van der Waals surface area contributed by atoms with Gasteiger partial charge >= 0.3 is 0 Å². The molecule has 0 radical (unpaired) electrons. The molecule has 1 aliphatic heterocycles. The Morgan fingerprint density at radius 3 is 2.84 bits per heavy atom. The van der Waals surface area contributed by atoms with E-state index in [4.69, 9.17) is 18.9 Å². The number of para-hydroxylation sites is 1. The van der Waals surface area contributed by atoms with Gasteiger partial charge in [0.1, 0.15) is 0 Å². The number of carbonyl (C=O) groups is 1. The lowest BCUT2D eigenvalue weighted by atomic mass is 10.1. The molecule has 7 heteroatoms. The summed E-state index contributed by atoms with van der Waals surface area (Å²) in [6, 6.07) is 10.8. The van der Waals surface area contributed by atoms with Crippen LogP contribution in [0, 0.1) is 0 Å². The van der Waals surface area contributed by atoms with Crippen molar-refractivity contribution < 1.29 is 23.7 Å². The maximum absolute atomic E-state index is 12.0. The van der Waals surface area contributed by atoms with Gasteiger partial charge in [0.15, 0.2) is 23.0 Å². The maximum Gasteiger partial charge on any atom is 0.244 e. The van der Waals surface area contributed by atoms with Crippen LogP contribution in [0.3, 0.4) is 0 Å². The van der Waals surface area contributed by atoms with E-state index in [1.165, 1.54) is 6.21 Å². The molecule has 0 unspecified atom stereocenters. The second-order valence-corrected chi connectivity index (χ2v) is 5.24. The molecule has 0 aromatic heterocycles. The summed E-state index contributed by atoms with van der Waals surface area (Å²) in [7, 11) is 3.12. The third-order valence-corrected chi connectivity index (χ3v) is 3.63. The number of hydrogen-bond acceptors (Lipinski definition) is 6. The van der Waals surface area contributed by atoms with Gasteiger partial charge in [0.05, 0.1) is 26.9 Å². The Morgan fingerprint density at radius 2 is 2.04 bits per heavy atom. The number of hydrogen-bond donors (Lipinski definition) is 1. The number of hydrazone groups is 1. The van der Waals surface area contributed by atoms with Crippen LogP contribution < -0.4 is 24.4 Å². The number of rotatable bonds is 6. The average molecular weight is 342 g/mol. The Morgan fingerprint density at radius 1 is 1.20 bits per heavy atom. The molecule has 1 heterocycles. The fraction of sp³-hybridized carbons (Fsp3) is 0.222. The number of ether oxygens (including phenoxy) is 4. The normalized spacial score (nSPS) is 12.2. The predicted octanol–water partition coefficient (Wildman–Crippen LogP) is 2.13. The smallest absolute Gasteiger partial charge is 0.244 e. The first-order chi connectivity index (χ1) is 12.2. The lowest BCUT2D eigenvalue weighted by Crippen LogP contribution is -2.19. The van der Waals surface area contributed by atoms with Gasteiger partial charge in [0.25, 0.3) is 0 Å². The van der Waals surface area contributed by atoms with E-state index in [0.717, 1.165) is 11.1 Å². The van der Waals surface area contributed by atoms with Gasteiger partial charge < -0.3 is 18.9 Å². The molecule has 0 bridgehead atoms. The van der Waals surface area contributed by atoms with Crippen LogP contribution in [0.1, 0.15) is 11.1 Å². The molecule has 0 aliphatic carbocycles. The van der Waals surface area contributed by atoms with Crippen molar-refractivity contribution in [1.82, 2.24) is 5.43 Å². The number of nitrogens with one attached hydrogen (secondary N) is 1. The van der Waals surface area contributed by atoms with Crippen LogP contribution in [-0.2, 0) is 11.2 Å². The van der Waals surface area contributed by atoms with Crippen LogP contribution in [0.4, 0.5) is 0 Å². The second-order valence-electron chi connectivity index (χ2n) is 5.24. The number of nitrogens with zero attached hydrogens (tertiary/aromatic N) is 1. The molecule has 7 nitrogen and oxygen atoms in total. The molecular formula is C18H18N2O5. The first kappa shape index (κ1) is 16.6.